The molecule has 2 aromatic carbocycles. The summed E-state index contributed by atoms with van der Waals surface area (Å²) in [6.07, 6.45) is 7.68. The van der Waals surface area contributed by atoms with Crippen LogP contribution in [0.15, 0.2) is 42.6 Å². The smallest absolute Gasteiger partial charge is 0.257 e. The lowest BCUT2D eigenvalue weighted by Crippen LogP contribution is -2.41. The lowest BCUT2D eigenvalue weighted by atomic mass is 9.88. The number of nitrogens with one attached hydrogen (secondary N) is 1. The summed E-state index contributed by atoms with van der Waals surface area (Å²) in [5.41, 5.74) is 5.20. The van der Waals surface area contributed by atoms with Crippen molar-refractivity contribution in [3.8, 4) is 0 Å². The number of aldehydes is 1. The summed E-state index contributed by atoms with van der Waals surface area (Å²) in [4.78, 5) is 43.1. The van der Waals surface area contributed by atoms with E-state index < -0.39 is 0 Å². The molecule has 48 heavy (non-hydrogen) atoms. The quantitative estimate of drug-likeness (QED) is 0.299. The van der Waals surface area contributed by atoms with Gasteiger partial charge in [0.1, 0.15) is 6.29 Å². The van der Waals surface area contributed by atoms with Crippen LogP contribution < -0.4 is 5.32 Å². The van der Waals surface area contributed by atoms with Crippen molar-refractivity contribution in [2.24, 2.45) is 13.0 Å². The van der Waals surface area contributed by atoms with E-state index >= 15 is 0 Å². The topological polar surface area (TPSA) is 102 Å². The standard InChI is InChI=1S/C38H50N4O6/c1-24-15-33(39-38(45)32-19-40(3)34-9-7-6-8-31(32)34)25(2)14-27(24)16-37(44)42-18-28(41-20-35(46-4)36(21-41)47-5)17-29(42)23-48-30-12-10-26(22-43)11-13-30/h6-9,14-15,19,22,26,28-30,35-36H,10-13,16-18,20-21,23H2,1-5H3,(H,39,45)/t26-,28-,29-,30-,35-,36+/m0/s1. The summed E-state index contributed by atoms with van der Waals surface area (Å²) < 4.78 is 19.8. The van der Waals surface area contributed by atoms with Crippen molar-refractivity contribution in [2.45, 2.75) is 82.8 Å². The van der Waals surface area contributed by atoms with Crippen LogP contribution in [0, 0.1) is 19.8 Å². The molecule has 3 fully saturated rings. The van der Waals surface area contributed by atoms with Gasteiger partial charge in [0, 0.05) is 75.6 Å². The van der Waals surface area contributed by atoms with Crippen LogP contribution in [0.1, 0.15) is 59.2 Å². The Bertz CT molecular complexity index is 1620. The molecule has 2 saturated heterocycles. The Morgan fingerprint density at radius 3 is 2.35 bits per heavy atom. The molecule has 3 aromatic rings. The molecule has 0 spiro atoms. The number of methoxy groups -OCH3 is 2. The SMILES string of the molecule is CO[C@H]1CN([C@H]2C[C@@H](CO[C@H]3CC[C@H](C=O)CC3)N(C(=O)Cc3cc(C)c(NC(=O)c4cn(C)c5ccccc45)cc3C)C2)C[C@H]1OC. The zero-order valence-electron chi connectivity index (χ0n) is 28.9. The molecule has 6 rings (SSSR count). The zero-order chi connectivity index (χ0) is 33.9. The van der Waals surface area contributed by atoms with Gasteiger partial charge in [-0.25, -0.2) is 0 Å². The van der Waals surface area contributed by atoms with Crippen molar-refractivity contribution in [1.82, 2.24) is 14.4 Å². The molecule has 0 unspecified atom stereocenters. The molecule has 2 amide bonds. The van der Waals surface area contributed by atoms with E-state index in [9.17, 15) is 14.4 Å². The summed E-state index contributed by atoms with van der Waals surface area (Å²) in [5, 5.41) is 4.03. The van der Waals surface area contributed by atoms with Gasteiger partial charge in [-0.1, -0.05) is 24.3 Å². The minimum Gasteiger partial charge on any atom is -0.377 e. The first-order chi connectivity index (χ1) is 23.2. The first kappa shape index (κ1) is 34.3. The lowest BCUT2D eigenvalue weighted by molar-refractivity contribution is -0.133. The second-order valence-corrected chi connectivity index (χ2v) is 14.0. The molecule has 10 nitrogen and oxygen atoms in total. The van der Waals surface area contributed by atoms with Crippen molar-refractivity contribution in [1.29, 1.82) is 0 Å². The highest BCUT2D eigenvalue weighted by Crippen LogP contribution is 2.31. The maximum atomic E-state index is 14.1. The number of para-hydroxylation sites is 1. The second-order valence-electron chi connectivity index (χ2n) is 14.0. The highest BCUT2D eigenvalue weighted by Gasteiger charge is 2.43. The molecule has 0 radical (unpaired) electrons. The number of hydrogen-bond donors (Lipinski definition) is 1. The van der Waals surface area contributed by atoms with Crippen LogP contribution in [0.2, 0.25) is 0 Å². The number of carbonyl (C=O) groups excluding carboxylic acids is 3. The zero-order valence-corrected chi connectivity index (χ0v) is 28.9. The minimum absolute atomic E-state index is 0.00713. The number of hydrogen-bond acceptors (Lipinski definition) is 7. The number of nitrogens with zero attached hydrogens (tertiary/aromatic N) is 3. The van der Waals surface area contributed by atoms with Gasteiger partial charge in [0.15, 0.2) is 0 Å². The summed E-state index contributed by atoms with van der Waals surface area (Å²) in [7, 11) is 5.40. The molecular weight excluding hydrogens is 608 g/mol. The highest BCUT2D eigenvalue weighted by molar-refractivity contribution is 6.13. The van der Waals surface area contributed by atoms with E-state index in [2.05, 4.69) is 10.2 Å². The van der Waals surface area contributed by atoms with Crippen LogP contribution in [0.5, 0.6) is 0 Å². The summed E-state index contributed by atoms with van der Waals surface area (Å²) >= 11 is 0. The van der Waals surface area contributed by atoms with Crippen LogP contribution in [-0.2, 0) is 37.3 Å². The Balaban J connectivity index is 1.15. The highest BCUT2D eigenvalue weighted by atomic mass is 16.5. The van der Waals surface area contributed by atoms with E-state index in [1.165, 1.54) is 0 Å². The molecule has 3 aliphatic rings. The number of amides is 2. The molecule has 4 atom stereocenters. The molecular formula is C38H50N4O6. The van der Waals surface area contributed by atoms with Crippen molar-refractivity contribution in [3.63, 3.8) is 0 Å². The van der Waals surface area contributed by atoms with Gasteiger partial charge in [0.05, 0.1) is 42.9 Å². The van der Waals surface area contributed by atoms with Gasteiger partial charge in [0.2, 0.25) is 5.91 Å². The third kappa shape index (κ3) is 7.22. The van der Waals surface area contributed by atoms with Crippen LogP contribution in [0.4, 0.5) is 5.69 Å². The summed E-state index contributed by atoms with van der Waals surface area (Å²) in [5.74, 6) is 0.0645. The number of carbonyl (C=O) groups is 3. The fourth-order valence-corrected chi connectivity index (χ4v) is 7.96. The van der Waals surface area contributed by atoms with Crippen molar-refractivity contribution < 1.29 is 28.6 Å². The average Bonchev–Trinajstić information content (AvgIpc) is 3.81. The molecule has 1 aromatic heterocycles. The predicted molar refractivity (Wildman–Crippen MR) is 185 cm³/mol. The van der Waals surface area contributed by atoms with Crippen molar-refractivity contribution >= 4 is 34.7 Å². The molecule has 10 heteroatoms. The largest absolute Gasteiger partial charge is 0.377 e. The van der Waals surface area contributed by atoms with Gasteiger partial charge in [-0.15, -0.1) is 0 Å². The Labute approximate surface area is 283 Å². The molecule has 0 bridgehead atoms. The maximum Gasteiger partial charge on any atom is 0.257 e. The van der Waals surface area contributed by atoms with E-state index in [0.29, 0.717) is 18.7 Å². The molecule has 1 saturated carbocycles. The average molecular weight is 659 g/mol. The van der Waals surface area contributed by atoms with Gasteiger partial charge in [-0.05, 0) is 74.8 Å². The van der Waals surface area contributed by atoms with Gasteiger partial charge in [-0.3, -0.25) is 14.5 Å². The summed E-state index contributed by atoms with van der Waals surface area (Å²) in [6.45, 7) is 6.64. The van der Waals surface area contributed by atoms with Gasteiger partial charge < -0.3 is 33.8 Å². The molecule has 1 N–H and O–H groups in total. The Morgan fingerprint density at radius 1 is 0.958 bits per heavy atom. The van der Waals surface area contributed by atoms with Gasteiger partial charge in [-0.2, -0.15) is 0 Å². The van der Waals surface area contributed by atoms with Crippen LogP contribution in [0.3, 0.4) is 0 Å². The number of likely N-dealkylation sites (tertiary alicyclic amines) is 2. The normalized spacial score (nSPS) is 26.3. The number of ether oxygens (including phenoxy) is 3. The Morgan fingerprint density at radius 2 is 1.67 bits per heavy atom. The van der Waals surface area contributed by atoms with Crippen LogP contribution >= 0.6 is 0 Å². The monoisotopic (exact) mass is 658 g/mol. The Hall–Kier alpha value is -3.57. The fourth-order valence-electron chi connectivity index (χ4n) is 7.96. The number of benzene rings is 2. The van der Waals surface area contributed by atoms with Gasteiger partial charge >= 0.3 is 0 Å². The number of anilines is 1. The third-order valence-corrected chi connectivity index (χ3v) is 10.9. The molecule has 3 heterocycles. The van der Waals surface area contributed by atoms with Crippen molar-refractivity contribution in [2.75, 3.05) is 45.8 Å². The van der Waals surface area contributed by atoms with E-state index in [1.54, 1.807) is 14.2 Å². The van der Waals surface area contributed by atoms with Gasteiger partial charge in [0.25, 0.3) is 5.91 Å². The van der Waals surface area contributed by atoms with Crippen LogP contribution in [-0.4, -0.2) is 103 Å². The van der Waals surface area contributed by atoms with Crippen molar-refractivity contribution in [3.05, 3.63) is 64.8 Å². The molecule has 1 aliphatic carbocycles. The van der Waals surface area contributed by atoms with E-state index in [-0.39, 0.29) is 54.5 Å². The fraction of sp³-hybridized carbons (Fsp3) is 0.553. The predicted octanol–water partition coefficient (Wildman–Crippen LogP) is 4.68. The number of rotatable bonds is 11. The number of aryl methyl sites for hydroxylation is 3. The minimum atomic E-state index is -0.156. The Kier molecular flexibility index (Phi) is 10.6. The maximum absolute atomic E-state index is 14.1. The summed E-state index contributed by atoms with van der Waals surface area (Å²) in [6, 6.07) is 12.0. The first-order valence-electron chi connectivity index (χ1n) is 17.3. The van der Waals surface area contributed by atoms with E-state index in [4.69, 9.17) is 14.2 Å². The lowest BCUT2D eigenvalue weighted by Gasteiger charge is -2.29. The second kappa shape index (κ2) is 14.9. The van der Waals surface area contributed by atoms with E-state index in [0.717, 1.165) is 84.8 Å². The third-order valence-electron chi connectivity index (χ3n) is 10.9. The molecule has 258 valence electrons. The number of aromatic nitrogens is 1. The first-order valence-corrected chi connectivity index (χ1v) is 17.3. The van der Waals surface area contributed by atoms with E-state index in [1.807, 2.05) is 73.0 Å². The van der Waals surface area contributed by atoms with Crippen LogP contribution in [0.25, 0.3) is 10.9 Å². The number of fused-ring (bicyclic) bond motifs is 1. The molecule has 2 aliphatic heterocycles.